The predicted octanol–water partition coefficient (Wildman–Crippen LogP) is 1.70. The van der Waals surface area contributed by atoms with Gasteiger partial charge in [-0.15, -0.1) is 5.10 Å². The monoisotopic (exact) mass is 277 g/mol. The molecule has 0 bridgehead atoms. The van der Waals surface area contributed by atoms with Crippen molar-refractivity contribution in [1.29, 1.82) is 0 Å². The predicted molar refractivity (Wildman–Crippen MR) is 72.8 cm³/mol. The van der Waals surface area contributed by atoms with Crippen LogP contribution < -0.4 is 10.1 Å². The average molecular weight is 277 g/mol. The van der Waals surface area contributed by atoms with Gasteiger partial charge in [-0.25, -0.2) is 0 Å². The number of aromatic nitrogens is 3. The molecular weight excluding hydrogens is 262 g/mol. The van der Waals surface area contributed by atoms with Crippen LogP contribution in [0.15, 0.2) is 30.6 Å². The highest BCUT2D eigenvalue weighted by atomic mass is 16.6. The Morgan fingerprint density at radius 3 is 2.95 bits per heavy atom. The number of methoxy groups -OCH3 is 1. The molecule has 2 rings (SSSR count). The standard InChI is InChI=1S/C12H15N5O3/c1-20-12-8-10(7-11(9-12)17(18)19)13-3-2-5-16-6-4-14-15-16/h4,6-9,13H,2-3,5H2,1H3. The fraction of sp³-hybridized carbons (Fsp3) is 0.333. The quantitative estimate of drug-likeness (QED) is 0.470. The van der Waals surface area contributed by atoms with E-state index in [0.717, 1.165) is 13.0 Å². The first kappa shape index (κ1) is 13.8. The Morgan fingerprint density at radius 1 is 1.45 bits per heavy atom. The first-order chi connectivity index (χ1) is 9.69. The van der Waals surface area contributed by atoms with E-state index in [1.54, 1.807) is 23.1 Å². The van der Waals surface area contributed by atoms with Gasteiger partial charge in [0.15, 0.2) is 0 Å². The highest BCUT2D eigenvalue weighted by molar-refractivity contribution is 5.56. The van der Waals surface area contributed by atoms with Crippen LogP contribution in [0.5, 0.6) is 5.75 Å². The molecule has 1 heterocycles. The number of nitro benzene ring substituents is 1. The Bertz CT molecular complexity index is 570. The van der Waals surface area contributed by atoms with Crippen molar-refractivity contribution in [2.24, 2.45) is 0 Å². The van der Waals surface area contributed by atoms with Crippen molar-refractivity contribution in [2.45, 2.75) is 13.0 Å². The van der Waals surface area contributed by atoms with Crippen LogP contribution in [0.4, 0.5) is 11.4 Å². The lowest BCUT2D eigenvalue weighted by Gasteiger charge is -2.08. The summed E-state index contributed by atoms with van der Waals surface area (Å²) in [6.45, 7) is 1.41. The van der Waals surface area contributed by atoms with Crippen LogP contribution in [0.1, 0.15) is 6.42 Å². The number of nitro groups is 1. The topological polar surface area (TPSA) is 95.1 Å². The van der Waals surface area contributed by atoms with Gasteiger partial charge in [0, 0.05) is 37.1 Å². The molecule has 8 nitrogen and oxygen atoms in total. The zero-order valence-corrected chi connectivity index (χ0v) is 11.0. The molecule has 0 fully saturated rings. The number of benzene rings is 1. The van der Waals surface area contributed by atoms with Gasteiger partial charge >= 0.3 is 0 Å². The number of anilines is 1. The van der Waals surface area contributed by atoms with Crippen molar-refractivity contribution in [3.05, 3.63) is 40.7 Å². The Balaban J connectivity index is 1.91. The molecule has 20 heavy (non-hydrogen) atoms. The molecule has 1 aromatic carbocycles. The lowest BCUT2D eigenvalue weighted by molar-refractivity contribution is -0.384. The van der Waals surface area contributed by atoms with Crippen molar-refractivity contribution in [1.82, 2.24) is 15.0 Å². The number of non-ortho nitro benzene ring substituents is 1. The van der Waals surface area contributed by atoms with Crippen LogP contribution in [-0.2, 0) is 6.54 Å². The molecule has 1 aromatic heterocycles. The highest BCUT2D eigenvalue weighted by Crippen LogP contribution is 2.25. The molecule has 0 aliphatic rings. The zero-order valence-electron chi connectivity index (χ0n) is 11.0. The first-order valence-corrected chi connectivity index (χ1v) is 6.10. The first-order valence-electron chi connectivity index (χ1n) is 6.10. The van der Waals surface area contributed by atoms with Gasteiger partial charge in [-0.2, -0.15) is 0 Å². The number of hydrogen-bond acceptors (Lipinski definition) is 6. The fourth-order valence-electron chi connectivity index (χ4n) is 1.73. The molecule has 2 aromatic rings. The van der Waals surface area contributed by atoms with Gasteiger partial charge in [0.2, 0.25) is 0 Å². The number of rotatable bonds is 7. The van der Waals surface area contributed by atoms with Gasteiger partial charge in [-0.3, -0.25) is 14.8 Å². The number of ether oxygens (including phenoxy) is 1. The van der Waals surface area contributed by atoms with Crippen LogP contribution in [0.25, 0.3) is 0 Å². The summed E-state index contributed by atoms with van der Waals surface area (Å²) in [7, 11) is 1.48. The summed E-state index contributed by atoms with van der Waals surface area (Å²) in [6.07, 6.45) is 4.24. The minimum atomic E-state index is -0.441. The molecule has 0 atom stereocenters. The summed E-state index contributed by atoms with van der Waals surface area (Å²) in [6, 6.07) is 4.60. The van der Waals surface area contributed by atoms with E-state index in [1.807, 2.05) is 0 Å². The summed E-state index contributed by atoms with van der Waals surface area (Å²) >= 11 is 0. The minimum absolute atomic E-state index is 0.00289. The second kappa shape index (κ2) is 6.50. The SMILES string of the molecule is COc1cc(NCCCn2ccnn2)cc([N+](=O)[O-])c1. The molecule has 0 saturated heterocycles. The van der Waals surface area contributed by atoms with Crippen LogP contribution >= 0.6 is 0 Å². The zero-order chi connectivity index (χ0) is 14.4. The molecule has 0 radical (unpaired) electrons. The van der Waals surface area contributed by atoms with Crippen LogP contribution in [0, 0.1) is 10.1 Å². The van der Waals surface area contributed by atoms with E-state index in [2.05, 4.69) is 15.6 Å². The Labute approximate surface area is 115 Å². The molecule has 0 spiro atoms. The summed E-state index contributed by atoms with van der Waals surface area (Å²) < 4.78 is 6.78. The molecule has 0 unspecified atom stereocenters. The van der Waals surface area contributed by atoms with Crippen molar-refractivity contribution >= 4 is 11.4 Å². The normalized spacial score (nSPS) is 10.2. The van der Waals surface area contributed by atoms with E-state index < -0.39 is 4.92 Å². The Hall–Kier alpha value is -2.64. The van der Waals surface area contributed by atoms with E-state index in [1.165, 1.54) is 19.2 Å². The van der Waals surface area contributed by atoms with Gasteiger partial charge in [-0.1, -0.05) is 5.21 Å². The Morgan fingerprint density at radius 2 is 2.30 bits per heavy atom. The number of nitrogens with one attached hydrogen (secondary N) is 1. The molecular formula is C12H15N5O3. The van der Waals surface area contributed by atoms with Crippen LogP contribution in [0.3, 0.4) is 0 Å². The van der Waals surface area contributed by atoms with E-state index in [0.29, 0.717) is 18.0 Å². The smallest absolute Gasteiger partial charge is 0.275 e. The summed E-state index contributed by atoms with van der Waals surface area (Å²) in [5.74, 6) is 0.456. The minimum Gasteiger partial charge on any atom is -0.496 e. The van der Waals surface area contributed by atoms with Crippen molar-refractivity contribution < 1.29 is 9.66 Å². The van der Waals surface area contributed by atoms with Crippen molar-refractivity contribution in [2.75, 3.05) is 19.0 Å². The molecule has 0 aliphatic carbocycles. The maximum absolute atomic E-state index is 10.8. The van der Waals surface area contributed by atoms with E-state index in [4.69, 9.17) is 4.74 Å². The van der Waals surface area contributed by atoms with Crippen LogP contribution in [0.2, 0.25) is 0 Å². The lowest BCUT2D eigenvalue weighted by atomic mass is 10.2. The van der Waals surface area contributed by atoms with Crippen molar-refractivity contribution in [3.63, 3.8) is 0 Å². The van der Waals surface area contributed by atoms with E-state index in [-0.39, 0.29) is 5.69 Å². The number of hydrogen-bond donors (Lipinski definition) is 1. The third kappa shape index (κ3) is 3.67. The third-order valence-corrected chi connectivity index (χ3v) is 2.70. The summed E-state index contributed by atoms with van der Waals surface area (Å²) in [4.78, 5) is 10.4. The largest absolute Gasteiger partial charge is 0.496 e. The van der Waals surface area contributed by atoms with Gasteiger partial charge < -0.3 is 10.1 Å². The van der Waals surface area contributed by atoms with E-state index >= 15 is 0 Å². The second-order valence-corrected chi connectivity index (χ2v) is 4.12. The van der Waals surface area contributed by atoms with Gasteiger partial charge in [0.05, 0.1) is 24.3 Å². The van der Waals surface area contributed by atoms with Crippen LogP contribution in [-0.4, -0.2) is 33.6 Å². The van der Waals surface area contributed by atoms with Gasteiger partial charge in [0.1, 0.15) is 5.75 Å². The molecule has 0 saturated carbocycles. The fourth-order valence-corrected chi connectivity index (χ4v) is 1.73. The summed E-state index contributed by atoms with van der Waals surface area (Å²) in [5.41, 5.74) is 0.665. The van der Waals surface area contributed by atoms with Crippen molar-refractivity contribution in [3.8, 4) is 5.75 Å². The molecule has 0 amide bonds. The molecule has 106 valence electrons. The number of nitrogens with zero attached hydrogens (tertiary/aromatic N) is 4. The molecule has 0 aliphatic heterocycles. The maximum Gasteiger partial charge on any atom is 0.275 e. The molecule has 8 heteroatoms. The maximum atomic E-state index is 10.8. The third-order valence-electron chi connectivity index (χ3n) is 2.70. The van der Waals surface area contributed by atoms with Gasteiger partial charge in [-0.05, 0) is 6.42 Å². The second-order valence-electron chi connectivity index (χ2n) is 4.12. The average Bonchev–Trinajstić information content (AvgIpc) is 2.96. The Kier molecular flexibility index (Phi) is 4.48. The number of aryl methyl sites for hydroxylation is 1. The summed E-state index contributed by atoms with van der Waals surface area (Å²) in [5, 5.41) is 21.5. The highest BCUT2D eigenvalue weighted by Gasteiger charge is 2.09. The lowest BCUT2D eigenvalue weighted by Crippen LogP contribution is -2.07. The van der Waals surface area contributed by atoms with E-state index in [9.17, 15) is 10.1 Å². The van der Waals surface area contributed by atoms with Gasteiger partial charge in [0.25, 0.3) is 5.69 Å². The molecule has 1 N–H and O–H groups in total.